The average molecular weight is 414 g/mol. The summed E-state index contributed by atoms with van der Waals surface area (Å²) in [6, 6.07) is 15.2. The smallest absolute Gasteiger partial charge is 0.255 e. The topological polar surface area (TPSA) is 56.1 Å². The van der Waals surface area contributed by atoms with Crippen LogP contribution in [0, 0.1) is 13.8 Å². The van der Waals surface area contributed by atoms with Crippen LogP contribution in [0.3, 0.4) is 0 Å². The summed E-state index contributed by atoms with van der Waals surface area (Å²) in [6.45, 7) is 4.46. The van der Waals surface area contributed by atoms with E-state index < -0.39 is 0 Å². The molecule has 3 aromatic rings. The number of ether oxygens (including phenoxy) is 1. The number of anilines is 1. The van der Waals surface area contributed by atoms with E-state index >= 15 is 0 Å². The van der Waals surface area contributed by atoms with E-state index in [0.717, 1.165) is 32.9 Å². The van der Waals surface area contributed by atoms with E-state index in [2.05, 4.69) is 26.3 Å². The van der Waals surface area contributed by atoms with Crippen LogP contribution in [-0.2, 0) is 6.54 Å². The van der Waals surface area contributed by atoms with Gasteiger partial charge in [-0.1, -0.05) is 34.1 Å². The molecule has 5 nitrogen and oxygen atoms in total. The molecule has 0 saturated carbocycles. The highest BCUT2D eigenvalue weighted by Gasteiger charge is 2.15. The predicted octanol–water partition coefficient (Wildman–Crippen LogP) is 4.57. The minimum Gasteiger partial charge on any atom is -0.497 e. The second kappa shape index (κ2) is 7.74. The van der Waals surface area contributed by atoms with Crippen LogP contribution >= 0.6 is 15.9 Å². The number of rotatable bonds is 5. The number of halogens is 1. The van der Waals surface area contributed by atoms with Crippen molar-refractivity contribution in [1.29, 1.82) is 0 Å². The first-order valence-corrected chi connectivity index (χ1v) is 9.01. The van der Waals surface area contributed by atoms with E-state index in [1.807, 2.05) is 54.9 Å². The molecule has 1 aromatic heterocycles. The van der Waals surface area contributed by atoms with Crippen LogP contribution < -0.4 is 10.1 Å². The average Bonchev–Trinajstić information content (AvgIpc) is 2.89. The van der Waals surface area contributed by atoms with Crippen molar-refractivity contribution in [1.82, 2.24) is 9.78 Å². The second-order valence-corrected chi connectivity index (χ2v) is 6.94. The molecule has 0 unspecified atom stereocenters. The van der Waals surface area contributed by atoms with Gasteiger partial charge >= 0.3 is 0 Å². The van der Waals surface area contributed by atoms with Crippen LogP contribution in [0.1, 0.15) is 27.3 Å². The van der Waals surface area contributed by atoms with Crippen molar-refractivity contribution < 1.29 is 9.53 Å². The number of benzene rings is 2. The number of nitrogens with one attached hydrogen (secondary N) is 1. The van der Waals surface area contributed by atoms with Crippen molar-refractivity contribution >= 4 is 27.5 Å². The Morgan fingerprint density at radius 3 is 2.69 bits per heavy atom. The van der Waals surface area contributed by atoms with Gasteiger partial charge in [0.2, 0.25) is 0 Å². The number of amides is 1. The Balaban J connectivity index is 1.82. The van der Waals surface area contributed by atoms with Crippen LogP contribution in [-0.4, -0.2) is 22.8 Å². The Kier molecular flexibility index (Phi) is 5.42. The van der Waals surface area contributed by atoms with Gasteiger partial charge in [-0.25, -0.2) is 0 Å². The minimum atomic E-state index is -0.154. The fraction of sp³-hybridized carbons (Fsp3) is 0.200. The summed E-state index contributed by atoms with van der Waals surface area (Å²) >= 11 is 3.39. The summed E-state index contributed by atoms with van der Waals surface area (Å²) in [5, 5.41) is 7.56. The molecular weight excluding hydrogens is 394 g/mol. The van der Waals surface area contributed by atoms with Crippen molar-refractivity contribution in [2.24, 2.45) is 0 Å². The van der Waals surface area contributed by atoms with Gasteiger partial charge in [-0.15, -0.1) is 0 Å². The number of methoxy groups -OCH3 is 1. The van der Waals surface area contributed by atoms with E-state index in [1.54, 1.807) is 19.2 Å². The highest BCUT2D eigenvalue weighted by molar-refractivity contribution is 9.10. The SMILES string of the molecule is COc1cccc(Cn2nc(C)c(NC(=O)c3cccc(Br)c3)c2C)c1. The first kappa shape index (κ1) is 18.2. The van der Waals surface area contributed by atoms with Gasteiger partial charge in [0.05, 0.1) is 30.7 Å². The summed E-state index contributed by atoms with van der Waals surface area (Å²) < 4.78 is 8.03. The predicted molar refractivity (Wildman–Crippen MR) is 106 cm³/mol. The number of aromatic nitrogens is 2. The molecule has 1 N–H and O–H groups in total. The standard InChI is InChI=1S/C20H20BrN3O2/c1-13-19(22-20(25)16-7-5-8-17(21)11-16)14(2)24(23-13)12-15-6-4-9-18(10-15)26-3/h4-11H,12H2,1-3H3,(H,22,25). The second-order valence-electron chi connectivity index (χ2n) is 6.02. The molecule has 0 saturated heterocycles. The van der Waals surface area contributed by atoms with Crippen molar-refractivity contribution in [2.75, 3.05) is 12.4 Å². The quantitative estimate of drug-likeness (QED) is 0.666. The zero-order valence-electron chi connectivity index (χ0n) is 14.9. The lowest BCUT2D eigenvalue weighted by molar-refractivity contribution is 0.102. The van der Waals surface area contributed by atoms with Gasteiger partial charge in [-0.2, -0.15) is 5.10 Å². The fourth-order valence-electron chi connectivity index (χ4n) is 2.79. The van der Waals surface area contributed by atoms with Gasteiger partial charge in [0.1, 0.15) is 5.75 Å². The monoisotopic (exact) mass is 413 g/mol. The molecule has 0 atom stereocenters. The molecule has 1 heterocycles. The number of carbonyl (C=O) groups is 1. The number of aryl methyl sites for hydroxylation is 1. The lowest BCUT2D eigenvalue weighted by Gasteiger charge is -2.08. The van der Waals surface area contributed by atoms with Gasteiger partial charge in [0, 0.05) is 10.0 Å². The van der Waals surface area contributed by atoms with E-state index in [9.17, 15) is 4.79 Å². The summed E-state index contributed by atoms with van der Waals surface area (Å²) in [4.78, 5) is 12.5. The van der Waals surface area contributed by atoms with E-state index in [4.69, 9.17) is 4.74 Å². The molecule has 3 rings (SSSR count). The molecule has 0 fully saturated rings. The zero-order chi connectivity index (χ0) is 18.7. The third-order valence-electron chi connectivity index (χ3n) is 4.17. The number of hydrogen-bond acceptors (Lipinski definition) is 3. The minimum absolute atomic E-state index is 0.154. The molecular formula is C20H20BrN3O2. The van der Waals surface area contributed by atoms with Crippen molar-refractivity contribution in [3.63, 3.8) is 0 Å². The maximum absolute atomic E-state index is 12.5. The molecule has 0 aliphatic heterocycles. The third-order valence-corrected chi connectivity index (χ3v) is 4.67. The Morgan fingerprint density at radius 1 is 1.19 bits per heavy atom. The Morgan fingerprint density at radius 2 is 1.96 bits per heavy atom. The van der Waals surface area contributed by atoms with Crippen LogP contribution in [0.2, 0.25) is 0 Å². The summed E-state index contributed by atoms with van der Waals surface area (Å²) in [5.41, 5.74) is 4.12. The molecule has 134 valence electrons. The molecule has 0 bridgehead atoms. The summed E-state index contributed by atoms with van der Waals surface area (Å²) in [6.07, 6.45) is 0. The summed E-state index contributed by atoms with van der Waals surface area (Å²) in [7, 11) is 1.65. The van der Waals surface area contributed by atoms with Gasteiger partial charge < -0.3 is 10.1 Å². The maximum atomic E-state index is 12.5. The number of nitrogens with zero attached hydrogens (tertiary/aromatic N) is 2. The third kappa shape index (κ3) is 3.96. The lowest BCUT2D eigenvalue weighted by atomic mass is 10.2. The molecule has 0 spiro atoms. The first-order chi connectivity index (χ1) is 12.5. The van der Waals surface area contributed by atoms with E-state index in [0.29, 0.717) is 12.1 Å². The van der Waals surface area contributed by atoms with E-state index in [1.165, 1.54) is 0 Å². The van der Waals surface area contributed by atoms with Gasteiger partial charge in [0.25, 0.3) is 5.91 Å². The molecule has 26 heavy (non-hydrogen) atoms. The fourth-order valence-corrected chi connectivity index (χ4v) is 3.19. The molecule has 2 aromatic carbocycles. The summed E-state index contributed by atoms with van der Waals surface area (Å²) in [5.74, 6) is 0.658. The Hall–Kier alpha value is -2.60. The Labute approximate surface area is 161 Å². The highest BCUT2D eigenvalue weighted by Crippen LogP contribution is 2.23. The van der Waals surface area contributed by atoms with E-state index in [-0.39, 0.29) is 5.91 Å². The van der Waals surface area contributed by atoms with Gasteiger partial charge in [0.15, 0.2) is 0 Å². The number of hydrogen-bond donors (Lipinski definition) is 1. The van der Waals surface area contributed by atoms with Crippen molar-refractivity contribution in [3.8, 4) is 5.75 Å². The van der Waals surface area contributed by atoms with Crippen LogP contribution in [0.15, 0.2) is 53.0 Å². The Bertz CT molecular complexity index is 950. The van der Waals surface area contributed by atoms with Crippen molar-refractivity contribution in [3.05, 3.63) is 75.5 Å². The molecule has 6 heteroatoms. The highest BCUT2D eigenvalue weighted by atomic mass is 79.9. The maximum Gasteiger partial charge on any atom is 0.255 e. The van der Waals surface area contributed by atoms with Gasteiger partial charge in [-0.05, 0) is 49.7 Å². The molecule has 1 amide bonds. The first-order valence-electron chi connectivity index (χ1n) is 8.22. The lowest BCUT2D eigenvalue weighted by Crippen LogP contribution is -2.13. The normalized spacial score (nSPS) is 10.6. The molecule has 0 aliphatic carbocycles. The van der Waals surface area contributed by atoms with Crippen molar-refractivity contribution in [2.45, 2.75) is 20.4 Å². The van der Waals surface area contributed by atoms with Crippen LogP contribution in [0.5, 0.6) is 5.75 Å². The van der Waals surface area contributed by atoms with Crippen LogP contribution in [0.4, 0.5) is 5.69 Å². The van der Waals surface area contributed by atoms with Gasteiger partial charge in [-0.3, -0.25) is 9.48 Å². The largest absolute Gasteiger partial charge is 0.497 e. The zero-order valence-corrected chi connectivity index (χ0v) is 16.5. The molecule has 0 radical (unpaired) electrons. The van der Waals surface area contributed by atoms with Crippen LogP contribution in [0.25, 0.3) is 0 Å². The number of carbonyl (C=O) groups excluding carboxylic acids is 1. The molecule has 0 aliphatic rings.